The molecule has 0 radical (unpaired) electrons. The molecule has 0 unspecified atom stereocenters. The van der Waals surface area contributed by atoms with E-state index in [1.807, 2.05) is 25.4 Å². The minimum absolute atomic E-state index is 0.738. The van der Waals surface area contributed by atoms with Crippen molar-refractivity contribution < 1.29 is 0 Å². The van der Waals surface area contributed by atoms with Gasteiger partial charge >= 0.3 is 0 Å². The lowest BCUT2D eigenvalue weighted by Crippen LogP contribution is -2.24. The summed E-state index contributed by atoms with van der Waals surface area (Å²) in [5.41, 5.74) is 7.59. The number of nitrogens with zero attached hydrogens (tertiary/aromatic N) is 3. The van der Waals surface area contributed by atoms with E-state index in [2.05, 4.69) is 71.8 Å². The normalized spacial score (nSPS) is 13.7. The molecule has 4 rings (SSSR count). The van der Waals surface area contributed by atoms with E-state index in [9.17, 15) is 0 Å². The van der Waals surface area contributed by atoms with Gasteiger partial charge in [-0.05, 0) is 60.8 Å². The summed E-state index contributed by atoms with van der Waals surface area (Å²) in [7, 11) is 0. The fourth-order valence-corrected chi connectivity index (χ4v) is 4.35. The number of halogens is 1. The molecule has 1 aromatic carbocycles. The topological polar surface area (TPSA) is 35.2 Å². The Morgan fingerprint density at radius 1 is 1.16 bits per heavy atom. The number of aromatic amines is 1. The largest absolute Gasteiger partial charge is 0.370 e. The number of anilines is 1. The van der Waals surface area contributed by atoms with Crippen molar-refractivity contribution in [3.05, 3.63) is 89.0 Å². The van der Waals surface area contributed by atoms with Gasteiger partial charge in [-0.25, -0.2) is 4.98 Å². The standard InChI is InChI=1S/C27H31ClN4/c1-5-10-31(11-6-2)23-15-24-25(17-30-27(24)29-16-23)22-9-12-32(20(4)13-22)18-21-8-7-19(3)26(28)14-21/h7-9,12-17H,4-6,10-11,18H2,1-3H3,(H,29,30). The van der Waals surface area contributed by atoms with Gasteiger partial charge in [-0.1, -0.05) is 44.2 Å². The number of benzene rings is 1. The number of allylic oxidation sites excluding steroid dienone is 3. The van der Waals surface area contributed by atoms with Crippen molar-refractivity contribution in [1.82, 2.24) is 14.9 Å². The van der Waals surface area contributed by atoms with Crippen LogP contribution in [0, 0.1) is 6.92 Å². The first-order valence-electron chi connectivity index (χ1n) is 11.3. The third kappa shape index (κ3) is 4.61. The van der Waals surface area contributed by atoms with Crippen molar-refractivity contribution in [2.45, 2.75) is 40.2 Å². The van der Waals surface area contributed by atoms with Crippen LogP contribution in [0.15, 0.2) is 67.3 Å². The number of rotatable bonds is 8. The Labute approximate surface area is 195 Å². The number of aromatic nitrogens is 2. The Morgan fingerprint density at radius 3 is 2.62 bits per heavy atom. The lowest BCUT2D eigenvalue weighted by Gasteiger charge is -2.25. The zero-order valence-corrected chi connectivity index (χ0v) is 19.9. The summed E-state index contributed by atoms with van der Waals surface area (Å²) < 4.78 is 0. The van der Waals surface area contributed by atoms with Gasteiger partial charge in [-0.15, -0.1) is 0 Å². The molecule has 0 saturated heterocycles. The van der Waals surface area contributed by atoms with E-state index in [1.165, 1.54) is 5.69 Å². The maximum atomic E-state index is 6.30. The predicted molar refractivity (Wildman–Crippen MR) is 137 cm³/mol. The second kappa shape index (κ2) is 9.66. The van der Waals surface area contributed by atoms with Crippen molar-refractivity contribution in [2.75, 3.05) is 18.0 Å². The van der Waals surface area contributed by atoms with Crippen LogP contribution in [0.3, 0.4) is 0 Å². The van der Waals surface area contributed by atoms with Crippen molar-refractivity contribution in [1.29, 1.82) is 0 Å². The van der Waals surface area contributed by atoms with Gasteiger partial charge in [0.15, 0.2) is 0 Å². The quantitative estimate of drug-likeness (QED) is 0.401. The molecule has 1 N–H and O–H groups in total. The van der Waals surface area contributed by atoms with E-state index in [-0.39, 0.29) is 0 Å². The molecule has 0 aliphatic carbocycles. The molecule has 1 aliphatic rings. The van der Waals surface area contributed by atoms with E-state index in [1.54, 1.807) is 0 Å². The van der Waals surface area contributed by atoms with Gasteiger partial charge in [0.1, 0.15) is 5.65 Å². The fourth-order valence-electron chi connectivity index (χ4n) is 4.14. The average molecular weight is 447 g/mol. The Morgan fingerprint density at radius 2 is 1.94 bits per heavy atom. The number of nitrogens with one attached hydrogen (secondary N) is 1. The zero-order chi connectivity index (χ0) is 22.7. The average Bonchev–Trinajstić information content (AvgIpc) is 3.21. The Bertz CT molecular complexity index is 1180. The first-order chi connectivity index (χ1) is 15.5. The Kier molecular flexibility index (Phi) is 6.71. The molecule has 2 aromatic heterocycles. The molecule has 0 amide bonds. The number of pyridine rings is 1. The zero-order valence-electron chi connectivity index (χ0n) is 19.2. The van der Waals surface area contributed by atoms with Crippen LogP contribution in [0.5, 0.6) is 0 Å². The first-order valence-corrected chi connectivity index (χ1v) is 11.7. The highest BCUT2D eigenvalue weighted by atomic mass is 35.5. The number of H-pyrrole nitrogens is 1. The van der Waals surface area contributed by atoms with Crippen LogP contribution in [-0.4, -0.2) is 28.0 Å². The van der Waals surface area contributed by atoms with Crippen LogP contribution < -0.4 is 4.90 Å². The Balaban J connectivity index is 1.58. The highest BCUT2D eigenvalue weighted by Gasteiger charge is 2.16. The molecule has 0 atom stereocenters. The summed E-state index contributed by atoms with van der Waals surface area (Å²) in [6, 6.07) is 8.47. The van der Waals surface area contributed by atoms with Crippen LogP contribution in [0.25, 0.3) is 16.6 Å². The summed E-state index contributed by atoms with van der Waals surface area (Å²) in [5.74, 6) is 0. The summed E-state index contributed by atoms with van der Waals surface area (Å²) in [4.78, 5) is 12.6. The van der Waals surface area contributed by atoms with Crippen LogP contribution >= 0.6 is 11.6 Å². The van der Waals surface area contributed by atoms with Gasteiger partial charge in [-0.3, -0.25) is 0 Å². The molecule has 32 heavy (non-hydrogen) atoms. The molecule has 4 nitrogen and oxygen atoms in total. The van der Waals surface area contributed by atoms with E-state index in [0.29, 0.717) is 0 Å². The van der Waals surface area contributed by atoms with Crippen molar-refractivity contribution in [3.8, 4) is 0 Å². The molecular weight excluding hydrogens is 416 g/mol. The smallest absolute Gasteiger partial charge is 0.138 e. The van der Waals surface area contributed by atoms with Crippen LogP contribution in [-0.2, 0) is 6.54 Å². The minimum Gasteiger partial charge on any atom is -0.370 e. The lowest BCUT2D eigenvalue weighted by molar-refractivity contribution is 0.473. The van der Waals surface area contributed by atoms with E-state index < -0.39 is 0 Å². The molecular formula is C27H31ClN4. The van der Waals surface area contributed by atoms with Crippen molar-refractivity contribution in [3.63, 3.8) is 0 Å². The van der Waals surface area contributed by atoms with Gasteiger partial charge in [0.2, 0.25) is 0 Å². The van der Waals surface area contributed by atoms with Crippen molar-refractivity contribution >= 4 is 33.9 Å². The summed E-state index contributed by atoms with van der Waals surface area (Å²) in [6.07, 6.45) is 12.6. The van der Waals surface area contributed by atoms with Crippen LogP contribution in [0.2, 0.25) is 5.02 Å². The monoisotopic (exact) mass is 446 g/mol. The van der Waals surface area contributed by atoms with E-state index in [4.69, 9.17) is 16.6 Å². The molecule has 0 bridgehead atoms. The molecule has 5 heteroatoms. The molecule has 0 spiro atoms. The number of hydrogen-bond acceptors (Lipinski definition) is 3. The number of fused-ring (bicyclic) bond motifs is 1. The highest BCUT2D eigenvalue weighted by molar-refractivity contribution is 6.31. The van der Waals surface area contributed by atoms with E-state index >= 15 is 0 Å². The van der Waals surface area contributed by atoms with E-state index in [0.717, 1.165) is 76.5 Å². The number of aryl methyl sites for hydroxylation is 1. The van der Waals surface area contributed by atoms with Gasteiger partial charge in [0, 0.05) is 53.7 Å². The van der Waals surface area contributed by atoms with Gasteiger partial charge in [0.25, 0.3) is 0 Å². The van der Waals surface area contributed by atoms with Crippen molar-refractivity contribution in [2.24, 2.45) is 0 Å². The predicted octanol–water partition coefficient (Wildman–Crippen LogP) is 7.08. The molecule has 0 saturated carbocycles. The van der Waals surface area contributed by atoms with Crippen LogP contribution in [0.1, 0.15) is 43.4 Å². The fraction of sp³-hybridized carbons (Fsp3) is 0.296. The number of hydrogen-bond donors (Lipinski definition) is 1. The third-order valence-corrected chi connectivity index (χ3v) is 6.30. The Hall–Kier alpha value is -2.98. The maximum absolute atomic E-state index is 6.30. The summed E-state index contributed by atoms with van der Waals surface area (Å²) in [6.45, 7) is 13.6. The molecule has 166 valence electrons. The molecule has 3 heterocycles. The maximum Gasteiger partial charge on any atom is 0.138 e. The lowest BCUT2D eigenvalue weighted by atomic mass is 10.0. The first kappa shape index (κ1) is 22.2. The molecule has 0 fully saturated rings. The highest BCUT2D eigenvalue weighted by Crippen LogP contribution is 2.32. The van der Waals surface area contributed by atoms with Gasteiger partial charge in [-0.2, -0.15) is 0 Å². The third-order valence-electron chi connectivity index (χ3n) is 5.89. The second-order valence-corrected chi connectivity index (χ2v) is 8.80. The molecule has 1 aliphatic heterocycles. The van der Waals surface area contributed by atoms with Gasteiger partial charge in [0.05, 0.1) is 11.9 Å². The summed E-state index contributed by atoms with van der Waals surface area (Å²) >= 11 is 6.30. The summed E-state index contributed by atoms with van der Waals surface area (Å²) in [5, 5.41) is 1.94. The van der Waals surface area contributed by atoms with Crippen LogP contribution in [0.4, 0.5) is 5.69 Å². The second-order valence-electron chi connectivity index (χ2n) is 8.40. The van der Waals surface area contributed by atoms with Gasteiger partial charge < -0.3 is 14.8 Å². The minimum atomic E-state index is 0.738. The SMILES string of the molecule is C=C1C=C(c2c[nH]c3ncc(N(CCC)CCC)cc23)C=CN1Cc1ccc(C)c(Cl)c1. The molecule has 3 aromatic rings.